The maximum absolute atomic E-state index is 12.3. The van der Waals surface area contributed by atoms with Crippen LogP contribution in [0.15, 0.2) is 22.9 Å². The largest absolute Gasteiger partial charge is 0.352 e. The molecule has 146 valence electrons. The zero-order valence-corrected chi connectivity index (χ0v) is 17.4. The highest BCUT2D eigenvalue weighted by Crippen LogP contribution is 2.26. The van der Waals surface area contributed by atoms with E-state index in [-0.39, 0.29) is 5.91 Å². The summed E-state index contributed by atoms with van der Waals surface area (Å²) in [4.78, 5) is 23.1. The van der Waals surface area contributed by atoms with Crippen LogP contribution in [-0.2, 0) is 11.3 Å². The summed E-state index contributed by atoms with van der Waals surface area (Å²) in [7, 11) is 0. The molecule has 2 aliphatic rings. The minimum absolute atomic E-state index is 0.205. The number of piperazine rings is 1. The summed E-state index contributed by atoms with van der Waals surface area (Å²) < 4.78 is 0. The van der Waals surface area contributed by atoms with Crippen molar-refractivity contribution in [2.45, 2.75) is 44.7 Å². The Morgan fingerprint density at radius 2 is 1.89 bits per heavy atom. The molecule has 0 radical (unpaired) electrons. The van der Waals surface area contributed by atoms with Crippen molar-refractivity contribution < 1.29 is 4.79 Å². The highest BCUT2D eigenvalue weighted by Gasteiger charge is 2.22. The molecule has 7 heteroatoms. The van der Waals surface area contributed by atoms with Gasteiger partial charge in [-0.2, -0.15) is 0 Å². The molecule has 5 nitrogen and oxygen atoms in total. The molecule has 1 N–H and O–H groups in total. The zero-order valence-electron chi connectivity index (χ0n) is 15.7. The van der Waals surface area contributed by atoms with Crippen LogP contribution in [0.5, 0.6) is 0 Å². The SMILES string of the molecule is O=C(CN1CCN(Cc2nc(-c3cccs3)cs2)CC1)NC1CCCCC1. The standard InChI is InChI=1S/C20H28N4OS2/c25-19(21-16-5-2-1-3-6-16)13-23-8-10-24(11-9-23)14-20-22-17(15-27-20)18-7-4-12-26-18/h4,7,12,15-16H,1-3,5-6,8-11,13-14H2,(H,21,25). The maximum atomic E-state index is 12.3. The van der Waals surface area contributed by atoms with Gasteiger partial charge in [0.1, 0.15) is 5.01 Å². The number of hydrogen-bond donors (Lipinski definition) is 1. The van der Waals surface area contributed by atoms with E-state index in [0.717, 1.165) is 51.3 Å². The lowest BCUT2D eigenvalue weighted by Gasteiger charge is -2.34. The summed E-state index contributed by atoms with van der Waals surface area (Å²) in [6.07, 6.45) is 6.15. The van der Waals surface area contributed by atoms with Crippen molar-refractivity contribution in [3.05, 3.63) is 27.9 Å². The molecule has 0 spiro atoms. The van der Waals surface area contributed by atoms with Gasteiger partial charge in [0.2, 0.25) is 5.91 Å². The summed E-state index contributed by atoms with van der Waals surface area (Å²) in [5, 5.41) is 8.67. The molecule has 0 aromatic carbocycles. The van der Waals surface area contributed by atoms with E-state index in [1.54, 1.807) is 22.7 Å². The quantitative estimate of drug-likeness (QED) is 0.801. The number of thiazole rings is 1. The lowest BCUT2D eigenvalue weighted by atomic mass is 9.95. The Balaban J connectivity index is 1.19. The number of aromatic nitrogens is 1. The Kier molecular flexibility index (Phi) is 6.55. The van der Waals surface area contributed by atoms with E-state index in [0.29, 0.717) is 12.6 Å². The van der Waals surface area contributed by atoms with E-state index in [1.165, 1.54) is 29.1 Å². The Bertz CT molecular complexity index is 716. The molecule has 1 saturated carbocycles. The van der Waals surface area contributed by atoms with E-state index in [9.17, 15) is 4.79 Å². The second-order valence-corrected chi connectivity index (χ2v) is 9.45. The van der Waals surface area contributed by atoms with E-state index >= 15 is 0 Å². The molecular weight excluding hydrogens is 376 g/mol. The van der Waals surface area contributed by atoms with Gasteiger partial charge in [0, 0.05) is 37.6 Å². The maximum Gasteiger partial charge on any atom is 0.234 e. The molecular formula is C20H28N4OS2. The lowest BCUT2D eigenvalue weighted by Crippen LogP contribution is -2.50. The first-order chi connectivity index (χ1) is 13.3. The van der Waals surface area contributed by atoms with Gasteiger partial charge in [-0.15, -0.1) is 22.7 Å². The number of carbonyl (C=O) groups excluding carboxylic acids is 1. The van der Waals surface area contributed by atoms with Crippen LogP contribution in [0.25, 0.3) is 10.6 Å². The summed E-state index contributed by atoms with van der Waals surface area (Å²) in [5.41, 5.74) is 1.10. The van der Waals surface area contributed by atoms with Crippen LogP contribution in [-0.4, -0.2) is 59.5 Å². The smallest absolute Gasteiger partial charge is 0.234 e. The van der Waals surface area contributed by atoms with Crippen LogP contribution in [0, 0.1) is 0 Å². The summed E-state index contributed by atoms with van der Waals surface area (Å²) in [5.74, 6) is 0.205. The molecule has 1 aliphatic carbocycles. The van der Waals surface area contributed by atoms with Crippen LogP contribution in [0.3, 0.4) is 0 Å². The number of amides is 1. The van der Waals surface area contributed by atoms with Gasteiger partial charge < -0.3 is 5.32 Å². The molecule has 4 rings (SSSR count). The average Bonchev–Trinajstić information content (AvgIpc) is 3.36. The lowest BCUT2D eigenvalue weighted by molar-refractivity contribution is -0.123. The van der Waals surface area contributed by atoms with E-state index < -0.39 is 0 Å². The minimum Gasteiger partial charge on any atom is -0.352 e. The molecule has 2 aromatic heterocycles. The Hall–Kier alpha value is -1.28. The van der Waals surface area contributed by atoms with Crippen molar-refractivity contribution in [2.24, 2.45) is 0 Å². The van der Waals surface area contributed by atoms with Crippen LogP contribution in [0.2, 0.25) is 0 Å². The van der Waals surface area contributed by atoms with Crippen molar-refractivity contribution in [2.75, 3.05) is 32.7 Å². The number of nitrogens with one attached hydrogen (secondary N) is 1. The van der Waals surface area contributed by atoms with Crippen molar-refractivity contribution in [1.82, 2.24) is 20.1 Å². The van der Waals surface area contributed by atoms with Gasteiger partial charge in [0.25, 0.3) is 0 Å². The molecule has 2 aromatic rings. The fourth-order valence-corrected chi connectivity index (χ4v) is 5.54. The van der Waals surface area contributed by atoms with Gasteiger partial charge in [0.15, 0.2) is 0 Å². The molecule has 1 amide bonds. The van der Waals surface area contributed by atoms with Gasteiger partial charge in [-0.05, 0) is 24.3 Å². The van der Waals surface area contributed by atoms with Crippen LogP contribution >= 0.6 is 22.7 Å². The Morgan fingerprint density at radius 1 is 1.11 bits per heavy atom. The molecule has 1 saturated heterocycles. The van der Waals surface area contributed by atoms with Crippen LogP contribution in [0.4, 0.5) is 0 Å². The molecule has 2 fully saturated rings. The molecule has 1 aliphatic heterocycles. The van der Waals surface area contributed by atoms with Crippen LogP contribution in [0.1, 0.15) is 37.1 Å². The number of hydrogen-bond acceptors (Lipinski definition) is 6. The second kappa shape index (κ2) is 9.28. The fourth-order valence-electron chi connectivity index (χ4n) is 3.94. The summed E-state index contributed by atoms with van der Waals surface area (Å²) in [6, 6.07) is 4.61. The first kappa shape index (κ1) is 19.1. The predicted octanol–water partition coefficient (Wildman–Crippen LogP) is 3.44. The number of thiophene rings is 1. The molecule has 3 heterocycles. The second-order valence-electron chi connectivity index (χ2n) is 7.56. The first-order valence-electron chi connectivity index (χ1n) is 9.98. The molecule has 27 heavy (non-hydrogen) atoms. The topological polar surface area (TPSA) is 48.5 Å². The van der Waals surface area contributed by atoms with Gasteiger partial charge in [-0.1, -0.05) is 25.3 Å². The average molecular weight is 405 g/mol. The number of rotatable bonds is 6. The highest BCUT2D eigenvalue weighted by molar-refractivity contribution is 7.14. The monoisotopic (exact) mass is 404 g/mol. The van der Waals surface area contributed by atoms with E-state index in [2.05, 4.69) is 38.0 Å². The Labute approximate surface area is 169 Å². The van der Waals surface area contributed by atoms with Gasteiger partial charge in [-0.25, -0.2) is 4.98 Å². The third-order valence-electron chi connectivity index (χ3n) is 5.49. The van der Waals surface area contributed by atoms with Gasteiger partial charge in [0.05, 0.1) is 23.7 Å². The molecule has 0 unspecified atom stereocenters. The third kappa shape index (κ3) is 5.38. The number of nitrogens with zero attached hydrogens (tertiary/aromatic N) is 3. The van der Waals surface area contributed by atoms with Crippen molar-refractivity contribution in [3.8, 4) is 10.6 Å². The molecule has 0 bridgehead atoms. The summed E-state index contributed by atoms with van der Waals surface area (Å²) >= 11 is 3.49. The predicted molar refractivity (Wildman–Crippen MR) is 112 cm³/mol. The normalized spacial score (nSPS) is 20.0. The first-order valence-corrected chi connectivity index (χ1v) is 11.7. The van der Waals surface area contributed by atoms with Crippen molar-refractivity contribution >= 4 is 28.6 Å². The zero-order chi connectivity index (χ0) is 18.5. The fraction of sp³-hybridized carbons (Fsp3) is 0.600. The van der Waals surface area contributed by atoms with Gasteiger partial charge in [-0.3, -0.25) is 14.6 Å². The van der Waals surface area contributed by atoms with Crippen molar-refractivity contribution in [1.29, 1.82) is 0 Å². The summed E-state index contributed by atoms with van der Waals surface area (Å²) in [6.45, 7) is 5.39. The number of carbonyl (C=O) groups is 1. The van der Waals surface area contributed by atoms with Gasteiger partial charge >= 0.3 is 0 Å². The van der Waals surface area contributed by atoms with Crippen LogP contribution < -0.4 is 5.32 Å². The highest BCUT2D eigenvalue weighted by atomic mass is 32.1. The third-order valence-corrected chi connectivity index (χ3v) is 7.21. The van der Waals surface area contributed by atoms with Crippen molar-refractivity contribution in [3.63, 3.8) is 0 Å². The Morgan fingerprint density at radius 3 is 2.63 bits per heavy atom. The molecule has 0 atom stereocenters. The van der Waals surface area contributed by atoms with E-state index in [4.69, 9.17) is 4.98 Å². The minimum atomic E-state index is 0.205. The van der Waals surface area contributed by atoms with E-state index in [1.807, 2.05) is 0 Å².